The third-order valence-corrected chi connectivity index (χ3v) is 2.16. The van der Waals surface area contributed by atoms with Crippen molar-refractivity contribution in [2.24, 2.45) is 0 Å². The van der Waals surface area contributed by atoms with Crippen molar-refractivity contribution in [3.8, 4) is 11.5 Å². The summed E-state index contributed by atoms with van der Waals surface area (Å²) in [6.45, 7) is 9.66. The third-order valence-electron chi connectivity index (χ3n) is 2.16. The second-order valence-corrected chi connectivity index (χ2v) is 4.24. The van der Waals surface area contributed by atoms with Crippen LogP contribution in [-0.4, -0.2) is 19.3 Å². The van der Waals surface area contributed by atoms with E-state index < -0.39 is 0 Å². The molecule has 96 valence electrons. The zero-order chi connectivity index (χ0) is 12.7. The van der Waals surface area contributed by atoms with Gasteiger partial charge < -0.3 is 14.8 Å². The fraction of sp³-hybridized carbons (Fsp3) is 0.571. The molecule has 0 radical (unpaired) electrons. The van der Waals surface area contributed by atoms with Gasteiger partial charge in [0.2, 0.25) is 0 Å². The van der Waals surface area contributed by atoms with Crippen molar-refractivity contribution >= 4 is 5.69 Å². The van der Waals surface area contributed by atoms with E-state index in [1.165, 1.54) is 0 Å². The highest BCUT2D eigenvalue weighted by molar-refractivity contribution is 5.55. The Labute approximate surface area is 104 Å². The van der Waals surface area contributed by atoms with Crippen LogP contribution in [0.5, 0.6) is 11.5 Å². The van der Waals surface area contributed by atoms with Gasteiger partial charge in [0, 0.05) is 17.8 Å². The van der Waals surface area contributed by atoms with Gasteiger partial charge in [-0.3, -0.25) is 0 Å². The van der Waals surface area contributed by atoms with Crippen LogP contribution >= 0.6 is 0 Å². The van der Waals surface area contributed by atoms with Crippen molar-refractivity contribution in [1.29, 1.82) is 0 Å². The Morgan fingerprint density at radius 3 is 2.47 bits per heavy atom. The number of rotatable bonds is 7. The van der Waals surface area contributed by atoms with E-state index in [-0.39, 0.29) is 0 Å². The lowest BCUT2D eigenvalue weighted by atomic mass is 10.2. The summed E-state index contributed by atoms with van der Waals surface area (Å²) >= 11 is 0. The molecule has 0 amide bonds. The predicted molar refractivity (Wildman–Crippen MR) is 72.2 cm³/mol. The van der Waals surface area contributed by atoms with Crippen molar-refractivity contribution in [2.75, 3.05) is 18.5 Å². The van der Waals surface area contributed by atoms with E-state index in [2.05, 4.69) is 26.1 Å². The van der Waals surface area contributed by atoms with Gasteiger partial charge in [0.05, 0.1) is 13.2 Å². The number of hydrogen-bond acceptors (Lipinski definition) is 3. The van der Waals surface area contributed by atoms with E-state index in [4.69, 9.17) is 9.47 Å². The van der Waals surface area contributed by atoms with Crippen molar-refractivity contribution in [3.05, 3.63) is 18.2 Å². The Morgan fingerprint density at radius 1 is 1.12 bits per heavy atom. The fourth-order valence-corrected chi connectivity index (χ4v) is 1.53. The summed E-state index contributed by atoms with van der Waals surface area (Å²) in [5.41, 5.74) is 1.06. The molecular weight excluding hydrogens is 214 g/mol. The molecule has 0 aliphatic carbocycles. The van der Waals surface area contributed by atoms with Crippen molar-refractivity contribution in [1.82, 2.24) is 0 Å². The molecule has 0 bridgehead atoms. The number of anilines is 1. The zero-order valence-electron chi connectivity index (χ0n) is 11.2. The Hall–Kier alpha value is -1.38. The maximum atomic E-state index is 5.65. The van der Waals surface area contributed by atoms with E-state index in [0.717, 1.165) is 30.2 Å². The van der Waals surface area contributed by atoms with E-state index in [9.17, 15) is 0 Å². The van der Waals surface area contributed by atoms with Gasteiger partial charge in [-0.25, -0.2) is 0 Å². The molecule has 0 spiro atoms. The van der Waals surface area contributed by atoms with Crippen LogP contribution < -0.4 is 14.8 Å². The third kappa shape index (κ3) is 4.55. The van der Waals surface area contributed by atoms with Gasteiger partial charge in [0.1, 0.15) is 0 Å². The Balaban J connectivity index is 2.83. The maximum absolute atomic E-state index is 5.65. The highest BCUT2D eigenvalue weighted by Gasteiger charge is 2.06. The standard InChI is InChI=1S/C14H23NO2/c1-5-9-17-13-8-7-12(15-11(3)4)10-14(13)16-6-2/h7-8,10-11,15H,5-6,9H2,1-4H3. The van der Waals surface area contributed by atoms with Crippen LogP contribution in [0.4, 0.5) is 5.69 Å². The molecule has 0 saturated heterocycles. The molecule has 3 nitrogen and oxygen atoms in total. The van der Waals surface area contributed by atoms with Crippen LogP contribution in [0.1, 0.15) is 34.1 Å². The number of nitrogens with one attached hydrogen (secondary N) is 1. The minimum atomic E-state index is 0.409. The minimum Gasteiger partial charge on any atom is -0.490 e. The summed E-state index contributed by atoms with van der Waals surface area (Å²) in [5, 5.41) is 3.35. The van der Waals surface area contributed by atoms with Crippen LogP contribution in [0.15, 0.2) is 18.2 Å². The summed E-state index contributed by atoms with van der Waals surface area (Å²) in [4.78, 5) is 0. The molecule has 1 aromatic carbocycles. The summed E-state index contributed by atoms with van der Waals surface area (Å²) in [7, 11) is 0. The van der Waals surface area contributed by atoms with Crippen LogP contribution in [0.2, 0.25) is 0 Å². The molecule has 0 heterocycles. The molecular formula is C14H23NO2. The first kappa shape index (κ1) is 13.7. The van der Waals surface area contributed by atoms with E-state index in [0.29, 0.717) is 12.6 Å². The van der Waals surface area contributed by atoms with Crippen LogP contribution in [-0.2, 0) is 0 Å². The van der Waals surface area contributed by atoms with E-state index >= 15 is 0 Å². The lowest BCUT2D eigenvalue weighted by Gasteiger charge is -2.15. The quantitative estimate of drug-likeness (QED) is 0.784. The fourth-order valence-electron chi connectivity index (χ4n) is 1.53. The van der Waals surface area contributed by atoms with Crippen LogP contribution in [0.3, 0.4) is 0 Å². The highest BCUT2D eigenvalue weighted by atomic mass is 16.5. The molecule has 0 aliphatic rings. The SMILES string of the molecule is CCCOc1ccc(NC(C)C)cc1OCC. The molecule has 1 rings (SSSR count). The molecule has 0 saturated carbocycles. The van der Waals surface area contributed by atoms with E-state index in [1.54, 1.807) is 0 Å². The number of ether oxygens (including phenoxy) is 2. The lowest BCUT2D eigenvalue weighted by Crippen LogP contribution is -2.10. The summed E-state index contributed by atoms with van der Waals surface area (Å²) in [6, 6.07) is 6.39. The molecule has 0 fully saturated rings. The first-order valence-electron chi connectivity index (χ1n) is 6.33. The molecule has 1 aromatic rings. The number of hydrogen-bond donors (Lipinski definition) is 1. The van der Waals surface area contributed by atoms with Crippen LogP contribution in [0.25, 0.3) is 0 Å². The minimum absolute atomic E-state index is 0.409. The predicted octanol–water partition coefficient (Wildman–Crippen LogP) is 3.69. The molecule has 0 aromatic heterocycles. The second kappa shape index (κ2) is 7.05. The van der Waals surface area contributed by atoms with Crippen molar-refractivity contribution < 1.29 is 9.47 Å². The van der Waals surface area contributed by atoms with Gasteiger partial charge in [0.15, 0.2) is 11.5 Å². The normalized spacial score (nSPS) is 10.4. The second-order valence-electron chi connectivity index (χ2n) is 4.24. The van der Waals surface area contributed by atoms with Gasteiger partial charge in [-0.05, 0) is 39.3 Å². The van der Waals surface area contributed by atoms with Gasteiger partial charge in [-0.2, -0.15) is 0 Å². The molecule has 17 heavy (non-hydrogen) atoms. The Kier molecular flexibility index (Phi) is 5.67. The monoisotopic (exact) mass is 237 g/mol. The van der Waals surface area contributed by atoms with Gasteiger partial charge in [0.25, 0.3) is 0 Å². The molecule has 3 heteroatoms. The topological polar surface area (TPSA) is 30.5 Å². The average molecular weight is 237 g/mol. The first-order chi connectivity index (χ1) is 8.17. The van der Waals surface area contributed by atoms with Gasteiger partial charge >= 0.3 is 0 Å². The Morgan fingerprint density at radius 2 is 1.88 bits per heavy atom. The van der Waals surface area contributed by atoms with E-state index in [1.807, 2.05) is 25.1 Å². The highest BCUT2D eigenvalue weighted by Crippen LogP contribution is 2.30. The van der Waals surface area contributed by atoms with Gasteiger partial charge in [-0.1, -0.05) is 6.92 Å². The lowest BCUT2D eigenvalue weighted by molar-refractivity contribution is 0.277. The largest absolute Gasteiger partial charge is 0.490 e. The maximum Gasteiger partial charge on any atom is 0.163 e. The van der Waals surface area contributed by atoms with Crippen molar-refractivity contribution in [3.63, 3.8) is 0 Å². The first-order valence-corrected chi connectivity index (χ1v) is 6.33. The zero-order valence-corrected chi connectivity index (χ0v) is 11.2. The smallest absolute Gasteiger partial charge is 0.163 e. The molecule has 1 N–H and O–H groups in total. The van der Waals surface area contributed by atoms with Gasteiger partial charge in [-0.15, -0.1) is 0 Å². The van der Waals surface area contributed by atoms with Crippen molar-refractivity contribution in [2.45, 2.75) is 40.2 Å². The summed E-state index contributed by atoms with van der Waals surface area (Å²) in [6.07, 6.45) is 0.998. The van der Waals surface area contributed by atoms with Crippen LogP contribution in [0, 0.1) is 0 Å². The average Bonchev–Trinajstić information content (AvgIpc) is 2.28. The molecule has 0 unspecified atom stereocenters. The number of benzene rings is 1. The Bertz CT molecular complexity index is 337. The summed E-state index contributed by atoms with van der Waals surface area (Å²) < 4.78 is 11.2. The molecule has 0 atom stereocenters. The molecule has 0 aliphatic heterocycles. The summed E-state index contributed by atoms with van der Waals surface area (Å²) in [5.74, 6) is 1.63.